The summed E-state index contributed by atoms with van der Waals surface area (Å²) in [5, 5.41) is 2.90. The van der Waals surface area contributed by atoms with Crippen LogP contribution >= 0.6 is 7.92 Å². The third-order valence-corrected chi connectivity index (χ3v) is 8.58. The second-order valence-corrected chi connectivity index (χ2v) is 10.5. The number of benzene rings is 4. The second-order valence-electron chi connectivity index (χ2n) is 8.28. The van der Waals surface area contributed by atoms with E-state index in [2.05, 4.69) is 133 Å². The predicted octanol–water partition coefficient (Wildman–Crippen LogP) is 6.43. The summed E-state index contributed by atoms with van der Waals surface area (Å²) in [6.45, 7) is 1.08. The summed E-state index contributed by atoms with van der Waals surface area (Å²) in [5.74, 6) is 0. The highest BCUT2D eigenvalue weighted by atomic mass is 31.1. The first-order chi connectivity index (χ1) is 15.8. The van der Waals surface area contributed by atoms with Gasteiger partial charge in [0.1, 0.15) is 0 Å². The molecular weight excluding hydrogens is 405 g/mol. The molecule has 0 aliphatic carbocycles. The standard InChI is InChI=1S/C30H32NP/c1-31(24-14-17-26-15-6-2-7-16-26)30(27-18-8-3-9-19-27)25-32(28-20-10-4-11-21-28)29-22-12-5-13-23-29/h2-13,15-16,18-23,30H,14,17,24-25H2,1H3. The Hall–Kier alpha value is -2.73. The van der Waals surface area contributed by atoms with Crippen LogP contribution in [-0.2, 0) is 6.42 Å². The maximum atomic E-state index is 2.57. The fourth-order valence-corrected chi connectivity index (χ4v) is 6.88. The lowest BCUT2D eigenvalue weighted by Gasteiger charge is -2.32. The third kappa shape index (κ3) is 6.16. The van der Waals surface area contributed by atoms with Crippen LogP contribution in [0.25, 0.3) is 0 Å². The van der Waals surface area contributed by atoms with E-state index >= 15 is 0 Å². The molecule has 1 nitrogen and oxygen atoms in total. The minimum absolute atomic E-state index is 0.387. The summed E-state index contributed by atoms with van der Waals surface area (Å²) in [4.78, 5) is 2.57. The van der Waals surface area contributed by atoms with Gasteiger partial charge in [0, 0.05) is 6.04 Å². The minimum atomic E-state index is -0.447. The Morgan fingerprint density at radius 2 is 1.09 bits per heavy atom. The van der Waals surface area contributed by atoms with E-state index in [9.17, 15) is 0 Å². The van der Waals surface area contributed by atoms with Crippen LogP contribution in [-0.4, -0.2) is 24.7 Å². The van der Waals surface area contributed by atoms with E-state index in [1.807, 2.05) is 0 Å². The lowest BCUT2D eigenvalue weighted by Crippen LogP contribution is -2.30. The van der Waals surface area contributed by atoms with Gasteiger partial charge < -0.3 is 0 Å². The van der Waals surface area contributed by atoms with Crippen molar-refractivity contribution in [3.05, 3.63) is 132 Å². The molecule has 0 aliphatic rings. The lowest BCUT2D eigenvalue weighted by atomic mass is 10.1. The van der Waals surface area contributed by atoms with Crippen LogP contribution in [0.3, 0.4) is 0 Å². The van der Waals surface area contributed by atoms with Gasteiger partial charge in [0.25, 0.3) is 0 Å². The molecule has 0 fully saturated rings. The molecule has 4 rings (SSSR count). The van der Waals surface area contributed by atoms with E-state index in [0.29, 0.717) is 6.04 Å². The summed E-state index contributed by atoms with van der Waals surface area (Å²) >= 11 is 0. The molecule has 1 atom stereocenters. The van der Waals surface area contributed by atoms with Crippen LogP contribution in [0.4, 0.5) is 0 Å². The van der Waals surface area contributed by atoms with Crippen molar-refractivity contribution >= 4 is 18.5 Å². The monoisotopic (exact) mass is 437 g/mol. The van der Waals surface area contributed by atoms with Crippen molar-refractivity contribution in [2.75, 3.05) is 19.8 Å². The number of aryl methyl sites for hydroxylation is 1. The Balaban J connectivity index is 1.56. The first-order valence-corrected chi connectivity index (χ1v) is 13.0. The Kier molecular flexibility index (Phi) is 8.26. The molecule has 0 spiro atoms. The lowest BCUT2D eigenvalue weighted by molar-refractivity contribution is 0.262. The Bertz CT molecular complexity index is 996. The zero-order chi connectivity index (χ0) is 22.0. The van der Waals surface area contributed by atoms with Gasteiger partial charge >= 0.3 is 0 Å². The molecule has 0 heterocycles. The highest BCUT2D eigenvalue weighted by molar-refractivity contribution is 7.73. The summed E-state index contributed by atoms with van der Waals surface area (Å²) in [7, 11) is 1.85. The van der Waals surface area contributed by atoms with Crippen molar-refractivity contribution in [1.29, 1.82) is 0 Å². The summed E-state index contributed by atoms with van der Waals surface area (Å²) in [6, 6.07) is 44.4. The van der Waals surface area contributed by atoms with Crippen molar-refractivity contribution in [3.63, 3.8) is 0 Å². The van der Waals surface area contributed by atoms with Gasteiger partial charge in [-0.2, -0.15) is 0 Å². The number of nitrogens with zero attached hydrogens (tertiary/aromatic N) is 1. The van der Waals surface area contributed by atoms with Gasteiger partial charge in [-0.15, -0.1) is 0 Å². The highest BCUT2D eigenvalue weighted by Gasteiger charge is 2.24. The zero-order valence-corrected chi connectivity index (χ0v) is 19.7. The first-order valence-electron chi connectivity index (χ1n) is 11.5. The molecule has 4 aromatic rings. The SMILES string of the molecule is CN(CCCc1ccccc1)C(CP(c1ccccc1)c1ccccc1)c1ccccc1. The van der Waals surface area contributed by atoms with E-state index in [1.54, 1.807) is 0 Å². The topological polar surface area (TPSA) is 3.24 Å². The maximum absolute atomic E-state index is 2.57. The molecule has 1 unspecified atom stereocenters. The molecule has 0 bridgehead atoms. The van der Waals surface area contributed by atoms with Gasteiger partial charge in [-0.3, -0.25) is 4.90 Å². The average Bonchev–Trinajstić information content (AvgIpc) is 2.87. The molecule has 0 amide bonds. The molecule has 0 saturated heterocycles. The predicted molar refractivity (Wildman–Crippen MR) is 141 cm³/mol. The number of rotatable bonds is 10. The van der Waals surface area contributed by atoms with E-state index in [-0.39, 0.29) is 0 Å². The van der Waals surface area contributed by atoms with Crippen molar-refractivity contribution in [1.82, 2.24) is 4.90 Å². The van der Waals surface area contributed by atoms with Crippen molar-refractivity contribution in [2.45, 2.75) is 18.9 Å². The smallest absolute Gasteiger partial charge is 0.0390 e. The van der Waals surface area contributed by atoms with Gasteiger partial charge in [-0.05, 0) is 62.3 Å². The molecule has 0 saturated carbocycles. The molecule has 0 N–H and O–H groups in total. The maximum Gasteiger partial charge on any atom is 0.0390 e. The second kappa shape index (κ2) is 11.8. The van der Waals surface area contributed by atoms with E-state index in [1.165, 1.54) is 28.2 Å². The molecular formula is C30H32NP. The largest absolute Gasteiger partial charge is 0.299 e. The molecule has 0 radical (unpaired) electrons. The summed E-state index contributed by atoms with van der Waals surface area (Å²) in [5.41, 5.74) is 2.84. The number of hydrogen-bond acceptors (Lipinski definition) is 1. The van der Waals surface area contributed by atoms with Gasteiger partial charge in [-0.1, -0.05) is 121 Å². The number of hydrogen-bond donors (Lipinski definition) is 0. The van der Waals surface area contributed by atoms with Crippen LogP contribution in [0.15, 0.2) is 121 Å². The fraction of sp³-hybridized carbons (Fsp3) is 0.200. The van der Waals surface area contributed by atoms with Gasteiger partial charge in [0.2, 0.25) is 0 Å². The van der Waals surface area contributed by atoms with Gasteiger partial charge in [0.15, 0.2) is 0 Å². The zero-order valence-electron chi connectivity index (χ0n) is 18.8. The van der Waals surface area contributed by atoms with E-state index in [0.717, 1.165) is 19.1 Å². The highest BCUT2D eigenvalue weighted by Crippen LogP contribution is 2.40. The van der Waals surface area contributed by atoms with Crippen molar-refractivity contribution < 1.29 is 0 Å². The molecule has 32 heavy (non-hydrogen) atoms. The summed E-state index contributed by atoms with van der Waals surface area (Å²) in [6.07, 6.45) is 3.41. The Labute approximate surface area is 194 Å². The van der Waals surface area contributed by atoms with Crippen LogP contribution in [0.2, 0.25) is 0 Å². The van der Waals surface area contributed by atoms with Crippen LogP contribution < -0.4 is 10.6 Å². The van der Waals surface area contributed by atoms with Crippen molar-refractivity contribution in [3.8, 4) is 0 Å². The van der Waals surface area contributed by atoms with Crippen LogP contribution in [0.5, 0.6) is 0 Å². The quantitative estimate of drug-likeness (QED) is 0.259. The van der Waals surface area contributed by atoms with Crippen molar-refractivity contribution in [2.24, 2.45) is 0 Å². The van der Waals surface area contributed by atoms with Gasteiger partial charge in [-0.25, -0.2) is 0 Å². The Morgan fingerprint density at radius 1 is 0.625 bits per heavy atom. The molecule has 162 valence electrons. The molecule has 4 aromatic carbocycles. The van der Waals surface area contributed by atoms with Crippen LogP contribution in [0.1, 0.15) is 23.6 Å². The fourth-order valence-electron chi connectivity index (χ4n) is 4.26. The summed E-state index contributed by atoms with van der Waals surface area (Å²) < 4.78 is 0. The van der Waals surface area contributed by atoms with Crippen LogP contribution in [0, 0.1) is 0 Å². The van der Waals surface area contributed by atoms with Gasteiger partial charge in [0.05, 0.1) is 0 Å². The first kappa shape index (κ1) is 22.5. The molecule has 0 aromatic heterocycles. The third-order valence-electron chi connectivity index (χ3n) is 6.03. The minimum Gasteiger partial charge on any atom is -0.299 e. The van der Waals surface area contributed by atoms with E-state index < -0.39 is 7.92 Å². The molecule has 0 aliphatic heterocycles. The van der Waals surface area contributed by atoms with E-state index in [4.69, 9.17) is 0 Å². The average molecular weight is 438 g/mol. The normalized spacial score (nSPS) is 12.2. The Morgan fingerprint density at radius 3 is 1.62 bits per heavy atom. The molecule has 2 heteroatoms.